The van der Waals surface area contributed by atoms with E-state index in [4.69, 9.17) is 0 Å². The molecule has 0 fully saturated rings. The zero-order valence-corrected chi connectivity index (χ0v) is 14.1. The average molecular weight is 250 g/mol. The Bertz CT molecular complexity index is 163. The van der Waals surface area contributed by atoms with Crippen molar-refractivity contribution in [1.82, 2.24) is 0 Å². The molecule has 1 aliphatic rings. The van der Waals surface area contributed by atoms with E-state index >= 15 is 0 Å². The Hall–Kier alpha value is 0.825. The predicted molar refractivity (Wildman–Crippen MR) is 56.2 cm³/mol. The van der Waals surface area contributed by atoms with Crippen molar-refractivity contribution in [1.29, 1.82) is 0 Å². The van der Waals surface area contributed by atoms with Crippen LogP contribution in [0.2, 0.25) is 0 Å². The van der Waals surface area contributed by atoms with Gasteiger partial charge in [0.1, 0.15) is 0 Å². The Morgan fingerprint density at radius 3 is 2.23 bits per heavy atom. The minimum Gasteiger partial charge on any atom is -0.684 e. The molecule has 13 heavy (non-hydrogen) atoms. The quantitative estimate of drug-likeness (QED) is 0.688. The third kappa shape index (κ3) is 6.00. The second kappa shape index (κ2) is 10.9. The second-order valence-corrected chi connectivity index (χ2v) is 2.30. The summed E-state index contributed by atoms with van der Waals surface area (Å²) in [5, 5.41) is 4.29. The summed E-state index contributed by atoms with van der Waals surface area (Å²) in [6.07, 6.45) is 5.93. The van der Waals surface area contributed by atoms with Crippen molar-refractivity contribution in [3.05, 3.63) is 41.9 Å². The molecule has 0 atom stereocenters. The van der Waals surface area contributed by atoms with Crippen LogP contribution in [0.1, 0.15) is 26.7 Å². The normalized spacial score (nSPS) is 14.3. The van der Waals surface area contributed by atoms with Gasteiger partial charge in [0.2, 0.25) is 0 Å². The van der Waals surface area contributed by atoms with Crippen molar-refractivity contribution in [3.8, 4) is 0 Å². The molecule has 0 unspecified atom stereocenters. The van der Waals surface area contributed by atoms with Crippen molar-refractivity contribution in [2.45, 2.75) is 26.7 Å². The fourth-order valence-corrected chi connectivity index (χ4v) is 1.10. The molecule has 1 aliphatic heterocycles. The second-order valence-electron chi connectivity index (χ2n) is 2.30. The largest absolute Gasteiger partial charge is 1.00 e. The molecule has 0 aromatic carbocycles. The van der Waals surface area contributed by atoms with Gasteiger partial charge >= 0.3 is 58.2 Å². The molecule has 1 rings (SSSR count). The number of allylic oxidation sites excluding steroid dienone is 3. The summed E-state index contributed by atoms with van der Waals surface area (Å²) in [5.74, 6) is 0. The minimum atomic E-state index is 0. The van der Waals surface area contributed by atoms with Crippen LogP contribution in [0, 0.1) is 0 Å². The summed E-state index contributed by atoms with van der Waals surface area (Å²) in [5.41, 5.74) is 2.27. The Morgan fingerprint density at radius 2 is 1.85 bits per heavy atom. The van der Waals surface area contributed by atoms with E-state index in [2.05, 4.69) is 18.5 Å². The maximum Gasteiger partial charge on any atom is 1.00 e. The monoisotopic (exact) mass is 249 g/mol. The Balaban J connectivity index is 0. The van der Waals surface area contributed by atoms with Gasteiger partial charge in [-0.05, 0) is 6.42 Å². The summed E-state index contributed by atoms with van der Waals surface area (Å²) in [7, 11) is 0. The van der Waals surface area contributed by atoms with Gasteiger partial charge in [-0.2, -0.15) is 0 Å². The molecule has 0 amide bonds. The molecule has 0 spiro atoms. The summed E-state index contributed by atoms with van der Waals surface area (Å²) in [6.45, 7) is 12.3. The van der Waals surface area contributed by atoms with Crippen molar-refractivity contribution < 1.29 is 58.2 Å². The predicted octanol–water partition coefficient (Wildman–Crippen LogP) is 0.810. The van der Waals surface area contributed by atoms with E-state index in [9.17, 15) is 0 Å². The van der Waals surface area contributed by atoms with Crippen LogP contribution in [0.4, 0.5) is 0 Å². The van der Waals surface area contributed by atoms with Crippen LogP contribution in [0.15, 0.2) is 36.6 Å². The number of hydrogen-bond acceptors (Lipinski definition) is 0. The van der Waals surface area contributed by atoms with Gasteiger partial charge < -0.3 is 5.32 Å². The maximum atomic E-state index is 4.29. The first kappa shape index (κ1) is 16.3. The van der Waals surface area contributed by atoms with Crippen molar-refractivity contribution in [2.75, 3.05) is 6.54 Å². The van der Waals surface area contributed by atoms with E-state index < -0.39 is 0 Å². The van der Waals surface area contributed by atoms with Gasteiger partial charge in [-0.1, -0.05) is 44.6 Å². The molecule has 1 nitrogen and oxygen atoms in total. The van der Waals surface area contributed by atoms with Gasteiger partial charge in [0.25, 0.3) is 0 Å². The zero-order valence-electron chi connectivity index (χ0n) is 9.14. The van der Waals surface area contributed by atoms with E-state index in [-0.39, 0.29) is 58.2 Å². The zero-order chi connectivity index (χ0) is 9.40. The molecule has 0 aliphatic carbocycles. The van der Waals surface area contributed by atoms with Gasteiger partial charge in [-0.25, -0.2) is 0 Å². The first-order valence-corrected chi connectivity index (χ1v) is 4.54. The molecular weight excluding hydrogens is 232 g/mol. The van der Waals surface area contributed by atoms with E-state index in [0.29, 0.717) is 0 Å². The third-order valence-corrected chi connectivity index (χ3v) is 1.66. The topological polar surface area (TPSA) is 14.1 Å². The Morgan fingerprint density at radius 1 is 1.23 bits per heavy atom. The fraction of sp³-hybridized carbons (Fsp3) is 0.455. The van der Waals surface area contributed by atoms with E-state index in [0.717, 1.165) is 25.1 Å². The minimum absolute atomic E-state index is 0. The van der Waals surface area contributed by atoms with Crippen LogP contribution in [0.3, 0.4) is 0 Å². The molecule has 0 aromatic heterocycles. The SMILES string of the molecule is C=CC1=C(C=C)[N-]CCC1.CC.[Rb+]. The first-order chi connectivity index (χ1) is 5.88. The molecule has 0 saturated carbocycles. The Kier molecular flexibility index (Phi) is 13.6. The molecule has 0 bridgehead atoms. The summed E-state index contributed by atoms with van der Waals surface area (Å²) in [6, 6.07) is 0. The van der Waals surface area contributed by atoms with E-state index in [1.54, 1.807) is 6.08 Å². The molecule has 2 heteroatoms. The molecule has 0 aromatic rings. The summed E-state index contributed by atoms with van der Waals surface area (Å²) in [4.78, 5) is 0. The molecule has 0 saturated heterocycles. The van der Waals surface area contributed by atoms with Crippen molar-refractivity contribution in [2.24, 2.45) is 0 Å². The van der Waals surface area contributed by atoms with Gasteiger partial charge in [-0.3, -0.25) is 0 Å². The van der Waals surface area contributed by atoms with Crippen LogP contribution in [-0.2, 0) is 0 Å². The first-order valence-electron chi connectivity index (χ1n) is 4.54. The van der Waals surface area contributed by atoms with E-state index in [1.165, 1.54) is 5.57 Å². The van der Waals surface area contributed by atoms with Crippen LogP contribution < -0.4 is 58.2 Å². The van der Waals surface area contributed by atoms with Crippen LogP contribution in [0.25, 0.3) is 5.32 Å². The maximum absolute atomic E-state index is 4.29. The van der Waals surface area contributed by atoms with Gasteiger partial charge in [0.05, 0.1) is 0 Å². The van der Waals surface area contributed by atoms with Gasteiger partial charge in [-0.15, -0.1) is 18.8 Å². The van der Waals surface area contributed by atoms with Gasteiger partial charge in [0, 0.05) is 0 Å². The molecular formula is C11H18NRb. The van der Waals surface area contributed by atoms with E-state index in [1.807, 2.05) is 19.9 Å². The number of hydrogen-bond donors (Lipinski definition) is 0. The third-order valence-electron chi connectivity index (χ3n) is 1.66. The summed E-state index contributed by atoms with van der Waals surface area (Å²) >= 11 is 0. The van der Waals surface area contributed by atoms with Crippen molar-refractivity contribution >= 4 is 0 Å². The standard InChI is InChI=1S/C9H12N.C2H6.Rb/c1-3-8-6-5-7-10-9(8)4-2;1-2;/h3-4H,1-2,5-7H2;1-2H3;/q-1;;+1. The number of rotatable bonds is 2. The molecule has 0 radical (unpaired) electrons. The van der Waals surface area contributed by atoms with Crippen LogP contribution >= 0.6 is 0 Å². The average Bonchev–Trinajstić information content (AvgIpc) is 2.20. The number of nitrogens with zero attached hydrogens (tertiary/aromatic N) is 1. The molecule has 1 heterocycles. The molecule has 0 N–H and O–H groups in total. The van der Waals surface area contributed by atoms with Gasteiger partial charge in [0.15, 0.2) is 0 Å². The van der Waals surface area contributed by atoms with Crippen molar-refractivity contribution in [3.63, 3.8) is 0 Å². The smallest absolute Gasteiger partial charge is 0.684 e. The fourth-order valence-electron chi connectivity index (χ4n) is 1.10. The van der Waals surface area contributed by atoms with Crippen LogP contribution in [0.5, 0.6) is 0 Å². The summed E-state index contributed by atoms with van der Waals surface area (Å²) < 4.78 is 0. The van der Waals surface area contributed by atoms with Crippen LogP contribution in [-0.4, -0.2) is 6.54 Å². The molecule has 68 valence electrons. The Labute approximate surface area is 131 Å².